The Labute approximate surface area is 122 Å². The Morgan fingerprint density at radius 2 is 1.95 bits per heavy atom. The fourth-order valence-electron chi connectivity index (χ4n) is 1.92. The average molecular weight is 291 g/mol. The Morgan fingerprint density at radius 1 is 1.25 bits per heavy atom. The van der Waals surface area contributed by atoms with Crippen LogP contribution in [0.5, 0.6) is 5.75 Å². The number of para-hydroxylation sites is 1. The zero-order valence-corrected chi connectivity index (χ0v) is 11.7. The SMILES string of the molecule is CC(NC(=O)c1cccc(N)c1O)c1ccccc1Cl. The first kappa shape index (κ1) is 14.2. The first-order valence-electron chi connectivity index (χ1n) is 6.13. The smallest absolute Gasteiger partial charge is 0.255 e. The van der Waals surface area contributed by atoms with Crippen molar-refractivity contribution in [1.82, 2.24) is 5.32 Å². The Hall–Kier alpha value is -2.20. The molecule has 1 atom stereocenters. The summed E-state index contributed by atoms with van der Waals surface area (Å²) in [5.41, 5.74) is 6.70. The van der Waals surface area contributed by atoms with Gasteiger partial charge in [0.15, 0.2) is 5.75 Å². The maximum absolute atomic E-state index is 12.1. The number of carbonyl (C=O) groups excluding carboxylic acids is 1. The lowest BCUT2D eigenvalue weighted by Gasteiger charge is -2.16. The van der Waals surface area contributed by atoms with Gasteiger partial charge in [-0.15, -0.1) is 0 Å². The number of phenols is 1. The number of carbonyl (C=O) groups is 1. The van der Waals surface area contributed by atoms with Crippen LogP contribution in [0, 0.1) is 0 Å². The van der Waals surface area contributed by atoms with E-state index in [0.717, 1.165) is 5.56 Å². The molecule has 0 bridgehead atoms. The molecule has 0 aliphatic heterocycles. The van der Waals surface area contributed by atoms with Crippen LogP contribution in [0.15, 0.2) is 42.5 Å². The number of hydrogen-bond acceptors (Lipinski definition) is 3. The molecule has 0 spiro atoms. The van der Waals surface area contributed by atoms with Crippen LogP contribution < -0.4 is 11.1 Å². The predicted molar refractivity (Wildman–Crippen MR) is 79.9 cm³/mol. The number of amides is 1. The van der Waals surface area contributed by atoms with Gasteiger partial charge in [0, 0.05) is 5.02 Å². The van der Waals surface area contributed by atoms with E-state index in [4.69, 9.17) is 17.3 Å². The molecule has 0 fully saturated rings. The van der Waals surface area contributed by atoms with Gasteiger partial charge in [-0.1, -0.05) is 35.9 Å². The Kier molecular flexibility index (Phi) is 4.15. The average Bonchev–Trinajstić information content (AvgIpc) is 2.42. The van der Waals surface area contributed by atoms with E-state index in [0.29, 0.717) is 5.02 Å². The summed E-state index contributed by atoms with van der Waals surface area (Å²) in [5, 5.41) is 13.2. The van der Waals surface area contributed by atoms with Crippen LogP contribution in [-0.4, -0.2) is 11.0 Å². The van der Waals surface area contributed by atoms with Gasteiger partial charge in [-0.05, 0) is 30.7 Å². The Balaban J connectivity index is 2.20. The van der Waals surface area contributed by atoms with Gasteiger partial charge in [-0.2, -0.15) is 0 Å². The highest BCUT2D eigenvalue weighted by Crippen LogP contribution is 2.26. The van der Waals surface area contributed by atoms with Gasteiger partial charge >= 0.3 is 0 Å². The largest absolute Gasteiger partial charge is 0.505 e. The molecule has 0 aromatic heterocycles. The molecular formula is C15H15ClN2O2. The maximum Gasteiger partial charge on any atom is 0.255 e. The topological polar surface area (TPSA) is 75.4 Å². The van der Waals surface area contributed by atoms with Crippen LogP contribution in [0.2, 0.25) is 5.02 Å². The van der Waals surface area contributed by atoms with Crippen LogP contribution >= 0.6 is 11.6 Å². The summed E-state index contributed by atoms with van der Waals surface area (Å²) in [6, 6.07) is 11.7. The van der Waals surface area contributed by atoms with Crippen molar-refractivity contribution in [2.24, 2.45) is 0 Å². The van der Waals surface area contributed by atoms with Crippen LogP contribution in [0.4, 0.5) is 5.69 Å². The zero-order valence-electron chi connectivity index (χ0n) is 10.9. The second-order valence-electron chi connectivity index (χ2n) is 4.46. The summed E-state index contributed by atoms with van der Waals surface area (Å²) in [5.74, 6) is -0.612. The zero-order chi connectivity index (χ0) is 14.7. The number of aromatic hydroxyl groups is 1. The number of benzene rings is 2. The van der Waals surface area contributed by atoms with Crippen molar-refractivity contribution in [2.45, 2.75) is 13.0 Å². The van der Waals surface area contributed by atoms with Crippen molar-refractivity contribution in [1.29, 1.82) is 0 Å². The molecule has 2 rings (SSSR count). The summed E-state index contributed by atoms with van der Waals surface area (Å²) in [7, 11) is 0. The third-order valence-corrected chi connectivity index (χ3v) is 3.38. The molecule has 20 heavy (non-hydrogen) atoms. The van der Waals surface area contributed by atoms with Crippen LogP contribution in [0.25, 0.3) is 0 Å². The fourth-order valence-corrected chi connectivity index (χ4v) is 2.22. The van der Waals surface area contributed by atoms with Crippen molar-refractivity contribution in [3.8, 4) is 5.75 Å². The highest BCUT2D eigenvalue weighted by molar-refractivity contribution is 6.31. The molecule has 0 heterocycles. The summed E-state index contributed by atoms with van der Waals surface area (Å²) >= 11 is 6.08. The number of phenolic OH excluding ortho intramolecular Hbond substituents is 1. The van der Waals surface area contributed by atoms with Gasteiger partial charge < -0.3 is 16.2 Å². The summed E-state index contributed by atoms with van der Waals surface area (Å²) in [6.45, 7) is 1.82. The molecule has 0 radical (unpaired) electrons. The van der Waals surface area contributed by atoms with Gasteiger partial charge in [-0.3, -0.25) is 4.79 Å². The second-order valence-corrected chi connectivity index (χ2v) is 4.87. The van der Waals surface area contributed by atoms with Crippen molar-refractivity contribution in [3.05, 3.63) is 58.6 Å². The van der Waals surface area contributed by atoms with Crippen LogP contribution in [0.3, 0.4) is 0 Å². The van der Waals surface area contributed by atoms with E-state index in [1.807, 2.05) is 25.1 Å². The third kappa shape index (κ3) is 2.86. The summed E-state index contributed by atoms with van der Waals surface area (Å²) in [4.78, 5) is 12.1. The lowest BCUT2D eigenvalue weighted by atomic mass is 10.1. The van der Waals surface area contributed by atoms with E-state index >= 15 is 0 Å². The van der Waals surface area contributed by atoms with Crippen molar-refractivity contribution < 1.29 is 9.90 Å². The van der Waals surface area contributed by atoms with Crippen molar-refractivity contribution in [3.63, 3.8) is 0 Å². The number of rotatable bonds is 3. The molecule has 0 saturated heterocycles. The van der Waals surface area contributed by atoms with Gasteiger partial charge in [-0.25, -0.2) is 0 Å². The normalized spacial score (nSPS) is 11.9. The van der Waals surface area contributed by atoms with Gasteiger partial charge in [0.1, 0.15) is 0 Å². The fraction of sp³-hybridized carbons (Fsp3) is 0.133. The molecule has 1 amide bonds. The minimum absolute atomic E-state index is 0.143. The highest BCUT2D eigenvalue weighted by atomic mass is 35.5. The first-order valence-corrected chi connectivity index (χ1v) is 6.51. The number of nitrogens with two attached hydrogens (primary N) is 1. The molecule has 0 aliphatic carbocycles. The summed E-state index contributed by atoms with van der Waals surface area (Å²) < 4.78 is 0. The molecule has 104 valence electrons. The van der Waals surface area contributed by atoms with Gasteiger partial charge in [0.2, 0.25) is 0 Å². The van der Waals surface area contributed by atoms with Crippen molar-refractivity contribution >= 4 is 23.2 Å². The van der Waals surface area contributed by atoms with E-state index in [1.165, 1.54) is 12.1 Å². The molecule has 0 aliphatic rings. The number of nitrogens with one attached hydrogen (secondary N) is 1. The third-order valence-electron chi connectivity index (χ3n) is 3.03. The van der Waals surface area contributed by atoms with Gasteiger partial charge in [0.05, 0.1) is 17.3 Å². The first-order chi connectivity index (χ1) is 9.50. The minimum atomic E-state index is -0.401. The number of hydrogen-bond donors (Lipinski definition) is 3. The molecule has 2 aromatic carbocycles. The maximum atomic E-state index is 12.1. The van der Waals surface area contributed by atoms with E-state index in [9.17, 15) is 9.90 Å². The number of halogens is 1. The highest BCUT2D eigenvalue weighted by Gasteiger charge is 2.17. The molecule has 1 unspecified atom stereocenters. The molecule has 4 N–H and O–H groups in total. The van der Waals surface area contributed by atoms with E-state index < -0.39 is 5.91 Å². The minimum Gasteiger partial charge on any atom is -0.505 e. The lowest BCUT2D eigenvalue weighted by molar-refractivity contribution is 0.0937. The van der Waals surface area contributed by atoms with E-state index in [2.05, 4.69) is 5.32 Å². The standard InChI is InChI=1S/C15H15ClN2O2/c1-9(10-5-2-3-7-12(10)16)18-15(20)11-6-4-8-13(17)14(11)19/h2-9,19H,17H2,1H3,(H,18,20). The summed E-state index contributed by atoms with van der Waals surface area (Å²) in [6.07, 6.45) is 0. The Bertz CT molecular complexity index is 644. The van der Waals surface area contributed by atoms with E-state index in [-0.39, 0.29) is 23.0 Å². The van der Waals surface area contributed by atoms with E-state index in [1.54, 1.807) is 12.1 Å². The molecular weight excluding hydrogens is 276 g/mol. The molecule has 5 heteroatoms. The molecule has 0 saturated carbocycles. The second kappa shape index (κ2) is 5.84. The van der Waals surface area contributed by atoms with Crippen molar-refractivity contribution in [2.75, 3.05) is 5.73 Å². The number of anilines is 1. The quantitative estimate of drug-likeness (QED) is 0.600. The molecule has 2 aromatic rings. The lowest BCUT2D eigenvalue weighted by Crippen LogP contribution is -2.27. The molecule has 4 nitrogen and oxygen atoms in total. The van der Waals surface area contributed by atoms with Gasteiger partial charge in [0.25, 0.3) is 5.91 Å². The number of nitrogen functional groups attached to an aromatic ring is 1. The predicted octanol–water partition coefficient (Wildman–Crippen LogP) is 3.12. The van der Waals surface area contributed by atoms with Crippen LogP contribution in [0.1, 0.15) is 28.9 Å². The monoisotopic (exact) mass is 290 g/mol. The Morgan fingerprint density at radius 3 is 2.65 bits per heavy atom. The van der Waals surface area contributed by atoms with Crippen LogP contribution in [-0.2, 0) is 0 Å².